The Morgan fingerprint density at radius 3 is 2.58 bits per heavy atom. The van der Waals surface area contributed by atoms with Gasteiger partial charge in [-0.3, -0.25) is 0 Å². The minimum absolute atomic E-state index is 0.128. The van der Waals surface area contributed by atoms with Crippen LogP contribution in [-0.4, -0.2) is 25.3 Å². The number of nitrogens with one attached hydrogen (secondary N) is 1. The monoisotopic (exact) mass is 329 g/mol. The number of esters is 1. The van der Waals surface area contributed by atoms with Crippen LogP contribution in [0.15, 0.2) is 41.6 Å². The second-order valence-corrected chi connectivity index (χ2v) is 7.10. The lowest BCUT2D eigenvalue weighted by Crippen LogP contribution is -2.40. The molecule has 2 atom stereocenters. The largest absolute Gasteiger partial charge is 0.466 e. The molecule has 2 aliphatic rings. The van der Waals surface area contributed by atoms with Gasteiger partial charge in [-0.25, -0.2) is 4.79 Å². The Balaban J connectivity index is 1.86. The summed E-state index contributed by atoms with van der Waals surface area (Å²) >= 11 is 0. The number of benzene rings is 1. The summed E-state index contributed by atoms with van der Waals surface area (Å²) in [5.41, 5.74) is 2.89. The molecule has 0 aromatic heterocycles. The number of carbonyl (C=O) groups is 1. The maximum atomic E-state index is 12.4. The van der Waals surface area contributed by atoms with Gasteiger partial charge in [-0.15, -0.1) is 0 Å². The van der Waals surface area contributed by atoms with Gasteiger partial charge < -0.3 is 14.8 Å². The number of hydrogen-bond donors (Lipinski definition) is 1. The first kappa shape index (κ1) is 17.0. The van der Waals surface area contributed by atoms with Crippen molar-refractivity contribution < 1.29 is 14.3 Å². The fourth-order valence-corrected chi connectivity index (χ4v) is 3.25. The molecule has 1 fully saturated rings. The molecule has 0 saturated heterocycles. The van der Waals surface area contributed by atoms with E-state index in [1.54, 1.807) is 0 Å². The first-order chi connectivity index (χ1) is 11.6. The molecule has 1 aromatic rings. The van der Waals surface area contributed by atoms with Gasteiger partial charge in [0.2, 0.25) is 0 Å². The summed E-state index contributed by atoms with van der Waals surface area (Å²) in [7, 11) is 1.45. The van der Waals surface area contributed by atoms with Crippen LogP contribution in [-0.2, 0) is 20.8 Å². The van der Waals surface area contributed by atoms with Crippen LogP contribution in [0.3, 0.4) is 0 Å². The molecular weight excluding hydrogens is 302 g/mol. The lowest BCUT2D eigenvalue weighted by Gasteiger charge is -2.35. The Kier molecular flexibility index (Phi) is 5.24. The van der Waals surface area contributed by atoms with Crippen molar-refractivity contribution in [2.75, 3.05) is 7.11 Å². The molecule has 4 nitrogen and oxygen atoms in total. The number of hydrogen-bond acceptors (Lipinski definition) is 4. The molecule has 0 unspecified atom stereocenters. The molecule has 1 saturated carbocycles. The van der Waals surface area contributed by atoms with Crippen LogP contribution in [0.2, 0.25) is 0 Å². The smallest absolute Gasteiger partial charge is 0.338 e. The van der Waals surface area contributed by atoms with Crippen molar-refractivity contribution in [3.63, 3.8) is 0 Å². The third kappa shape index (κ3) is 3.81. The maximum Gasteiger partial charge on any atom is 0.338 e. The summed E-state index contributed by atoms with van der Waals surface area (Å²) in [6, 6.07) is 10.2. The molecule has 0 spiro atoms. The summed E-state index contributed by atoms with van der Waals surface area (Å²) in [6.45, 7) is 5.05. The van der Waals surface area contributed by atoms with Crippen molar-refractivity contribution >= 4 is 5.97 Å². The van der Waals surface area contributed by atoms with Gasteiger partial charge in [-0.2, -0.15) is 0 Å². The first-order valence-electron chi connectivity index (χ1n) is 8.84. The van der Waals surface area contributed by atoms with E-state index in [1.807, 2.05) is 18.2 Å². The fourth-order valence-electron chi connectivity index (χ4n) is 3.25. The predicted molar refractivity (Wildman–Crippen MR) is 93.2 cm³/mol. The van der Waals surface area contributed by atoms with Gasteiger partial charge in [-0.1, -0.05) is 44.2 Å². The van der Waals surface area contributed by atoms with E-state index in [0.717, 1.165) is 25.0 Å². The number of methoxy groups -OCH3 is 1. The highest BCUT2D eigenvalue weighted by Crippen LogP contribution is 2.42. The third-order valence-electron chi connectivity index (χ3n) is 4.88. The molecule has 0 amide bonds. The summed E-state index contributed by atoms with van der Waals surface area (Å²) in [5, 5.41) is 3.50. The second kappa shape index (κ2) is 7.39. The minimum atomic E-state index is -0.260. The topological polar surface area (TPSA) is 47.6 Å². The van der Waals surface area contributed by atoms with E-state index in [-0.39, 0.29) is 18.2 Å². The molecule has 1 N–H and O–H groups in total. The van der Waals surface area contributed by atoms with Crippen LogP contribution in [0, 0.1) is 11.8 Å². The van der Waals surface area contributed by atoms with E-state index < -0.39 is 0 Å². The maximum absolute atomic E-state index is 12.4. The van der Waals surface area contributed by atoms with E-state index in [1.165, 1.54) is 12.7 Å². The Labute approximate surface area is 144 Å². The van der Waals surface area contributed by atoms with E-state index in [0.29, 0.717) is 24.0 Å². The molecule has 1 heterocycles. The predicted octanol–water partition coefficient (Wildman–Crippen LogP) is 3.43. The van der Waals surface area contributed by atoms with Crippen LogP contribution < -0.4 is 5.32 Å². The lowest BCUT2D eigenvalue weighted by atomic mass is 9.91. The fraction of sp³-hybridized carbons (Fsp3) is 0.550. The van der Waals surface area contributed by atoms with E-state index in [4.69, 9.17) is 9.47 Å². The van der Waals surface area contributed by atoms with Crippen molar-refractivity contribution in [3.8, 4) is 0 Å². The van der Waals surface area contributed by atoms with Crippen LogP contribution in [0.5, 0.6) is 0 Å². The van der Waals surface area contributed by atoms with Gasteiger partial charge in [0, 0.05) is 18.7 Å². The average molecular weight is 329 g/mol. The quantitative estimate of drug-likeness (QED) is 0.812. The van der Waals surface area contributed by atoms with E-state index in [9.17, 15) is 4.79 Å². The third-order valence-corrected chi connectivity index (χ3v) is 4.88. The zero-order valence-electron chi connectivity index (χ0n) is 14.7. The van der Waals surface area contributed by atoms with Crippen LogP contribution in [0.25, 0.3) is 0 Å². The van der Waals surface area contributed by atoms with Crippen LogP contribution >= 0.6 is 0 Å². The van der Waals surface area contributed by atoms with Gasteiger partial charge in [0.25, 0.3) is 0 Å². The Morgan fingerprint density at radius 2 is 2.00 bits per heavy atom. The molecule has 1 aliphatic carbocycles. The van der Waals surface area contributed by atoms with Crippen molar-refractivity contribution in [2.45, 2.75) is 51.9 Å². The summed E-state index contributed by atoms with van der Waals surface area (Å²) in [4.78, 5) is 12.4. The zero-order chi connectivity index (χ0) is 17.1. The Bertz CT molecular complexity index is 605. The first-order valence-corrected chi connectivity index (χ1v) is 8.84. The van der Waals surface area contributed by atoms with E-state index >= 15 is 0 Å². The Hall–Kier alpha value is -1.81. The van der Waals surface area contributed by atoms with Crippen molar-refractivity contribution in [3.05, 3.63) is 47.2 Å². The van der Waals surface area contributed by atoms with Crippen molar-refractivity contribution in [2.24, 2.45) is 11.8 Å². The molecule has 4 heteroatoms. The van der Waals surface area contributed by atoms with Crippen LogP contribution in [0.4, 0.5) is 0 Å². The van der Waals surface area contributed by atoms with Gasteiger partial charge >= 0.3 is 5.97 Å². The molecule has 0 radical (unpaired) electrons. The highest BCUT2D eigenvalue weighted by Gasteiger charge is 2.43. The Morgan fingerprint density at radius 1 is 1.29 bits per heavy atom. The summed E-state index contributed by atoms with van der Waals surface area (Å²) < 4.78 is 11.4. The van der Waals surface area contributed by atoms with Gasteiger partial charge in [-0.05, 0) is 30.2 Å². The number of ether oxygens (including phenoxy) is 2. The minimum Gasteiger partial charge on any atom is -0.466 e. The normalized spacial score (nSPS) is 24.2. The molecule has 130 valence electrons. The highest BCUT2D eigenvalue weighted by molar-refractivity contribution is 5.90. The number of rotatable bonds is 6. The molecular formula is C20H27NO3. The van der Waals surface area contributed by atoms with Crippen LogP contribution in [0.1, 0.15) is 38.7 Å². The molecule has 0 bridgehead atoms. The van der Waals surface area contributed by atoms with Gasteiger partial charge in [0.1, 0.15) is 0 Å². The van der Waals surface area contributed by atoms with Gasteiger partial charge in [0.15, 0.2) is 0 Å². The lowest BCUT2D eigenvalue weighted by molar-refractivity contribution is -0.140. The molecule has 1 aliphatic heterocycles. The molecule has 24 heavy (non-hydrogen) atoms. The molecule has 3 rings (SSSR count). The second-order valence-electron chi connectivity index (χ2n) is 7.10. The van der Waals surface area contributed by atoms with Crippen molar-refractivity contribution in [1.82, 2.24) is 5.32 Å². The zero-order valence-corrected chi connectivity index (χ0v) is 14.7. The van der Waals surface area contributed by atoms with Crippen molar-refractivity contribution in [1.29, 1.82) is 0 Å². The highest BCUT2D eigenvalue weighted by atomic mass is 16.5. The van der Waals surface area contributed by atoms with Gasteiger partial charge in [0.05, 0.1) is 24.9 Å². The summed E-state index contributed by atoms with van der Waals surface area (Å²) in [6.07, 6.45) is 3.00. The SMILES string of the molecule is COC(=O)C1=C(NCc2ccccc2)C[C@@H](C(C)C)O[C@H]1C1CC1. The number of carbonyl (C=O) groups excluding carboxylic acids is 1. The summed E-state index contributed by atoms with van der Waals surface area (Å²) in [5.74, 6) is 0.609. The molecule has 1 aromatic carbocycles. The standard InChI is InChI=1S/C20H27NO3/c1-13(2)17-11-16(21-12-14-7-5-4-6-8-14)18(20(22)23-3)19(24-17)15-9-10-15/h4-8,13,15,17,19,21H,9-12H2,1-3H3/t17-,19-/m0/s1. The average Bonchev–Trinajstić information content (AvgIpc) is 3.44. The van der Waals surface area contributed by atoms with E-state index in [2.05, 4.69) is 31.3 Å².